The highest BCUT2D eigenvalue weighted by atomic mass is 35.5. The van der Waals surface area contributed by atoms with Crippen LogP contribution in [0.25, 0.3) is 42.1 Å². The molecule has 0 unspecified atom stereocenters. The van der Waals surface area contributed by atoms with Gasteiger partial charge in [-0.1, -0.05) is 90.5 Å². The summed E-state index contributed by atoms with van der Waals surface area (Å²) in [6.07, 6.45) is 0. The second-order valence-electron chi connectivity index (χ2n) is 11.5. The lowest BCUT2D eigenvalue weighted by atomic mass is 10.1. The van der Waals surface area contributed by atoms with E-state index in [2.05, 4.69) is 161 Å². The van der Waals surface area contributed by atoms with Gasteiger partial charge in [0.15, 0.2) is 0 Å². The first-order chi connectivity index (χ1) is 23.2. The molecule has 0 radical (unpaired) electrons. The van der Waals surface area contributed by atoms with Crippen LogP contribution in [-0.2, 0) is 0 Å². The summed E-state index contributed by atoms with van der Waals surface area (Å²) < 4.78 is 8.67. The number of benzene rings is 7. The van der Waals surface area contributed by atoms with Gasteiger partial charge in [0, 0.05) is 53.3 Å². The first-order valence-corrected chi connectivity index (χ1v) is 16.7. The van der Waals surface area contributed by atoms with Gasteiger partial charge in [-0.15, -0.1) is 11.3 Å². The fraction of sp³-hybridized carbons (Fsp3) is 0. The molecule has 0 saturated heterocycles. The van der Waals surface area contributed by atoms with E-state index >= 15 is 0 Å². The molecule has 5 heteroatoms. The van der Waals surface area contributed by atoms with Gasteiger partial charge in [-0.3, -0.25) is 0 Å². The van der Waals surface area contributed by atoms with Gasteiger partial charge in [-0.25, -0.2) is 0 Å². The van der Waals surface area contributed by atoms with E-state index in [4.69, 9.17) is 16.0 Å². The van der Waals surface area contributed by atoms with E-state index in [0.717, 1.165) is 60.8 Å². The van der Waals surface area contributed by atoms with E-state index in [1.54, 1.807) is 11.3 Å². The summed E-state index contributed by atoms with van der Waals surface area (Å²) in [7, 11) is 0. The van der Waals surface area contributed by atoms with E-state index in [0.29, 0.717) is 5.02 Å². The lowest BCUT2D eigenvalue weighted by Crippen LogP contribution is -2.10. The molecule has 47 heavy (non-hydrogen) atoms. The van der Waals surface area contributed by atoms with E-state index in [1.165, 1.54) is 15.5 Å². The second-order valence-corrected chi connectivity index (χ2v) is 13.0. The topological polar surface area (TPSA) is 19.6 Å². The monoisotopic (exact) mass is 642 g/mol. The molecule has 0 aliphatic heterocycles. The van der Waals surface area contributed by atoms with Gasteiger partial charge in [0.05, 0.1) is 16.8 Å². The average Bonchev–Trinajstić information content (AvgIpc) is 3.68. The minimum atomic E-state index is 0.709. The number of hydrogen-bond donors (Lipinski definition) is 0. The Kier molecular flexibility index (Phi) is 6.70. The molecule has 3 nitrogen and oxygen atoms in total. The van der Waals surface area contributed by atoms with Crippen LogP contribution >= 0.6 is 22.9 Å². The molecule has 7 aromatic carbocycles. The molecule has 0 aliphatic carbocycles. The van der Waals surface area contributed by atoms with Crippen molar-refractivity contribution >= 4 is 99.2 Å². The summed E-state index contributed by atoms with van der Waals surface area (Å²) in [6, 6.07) is 57.1. The first-order valence-electron chi connectivity index (χ1n) is 15.5. The van der Waals surface area contributed by atoms with Crippen molar-refractivity contribution in [3.8, 4) is 0 Å². The summed E-state index contributed by atoms with van der Waals surface area (Å²) in [5, 5.41) is 5.24. The molecule has 2 aromatic heterocycles. The zero-order chi connectivity index (χ0) is 31.3. The van der Waals surface area contributed by atoms with Gasteiger partial charge in [-0.05, 0) is 84.9 Å². The van der Waals surface area contributed by atoms with Crippen molar-refractivity contribution in [2.75, 3.05) is 9.80 Å². The average molecular weight is 643 g/mol. The summed E-state index contributed by atoms with van der Waals surface area (Å²) in [5.41, 5.74) is 8.13. The number of fused-ring (bicyclic) bond motifs is 6. The normalized spacial score (nSPS) is 11.5. The molecule has 0 spiro atoms. The summed E-state index contributed by atoms with van der Waals surface area (Å²) >= 11 is 8.64. The van der Waals surface area contributed by atoms with Gasteiger partial charge < -0.3 is 14.2 Å². The third-order valence-electron chi connectivity index (χ3n) is 8.66. The second kappa shape index (κ2) is 11.4. The Morgan fingerprint density at radius 3 is 1.70 bits per heavy atom. The van der Waals surface area contributed by atoms with Crippen molar-refractivity contribution in [1.82, 2.24) is 0 Å². The smallest absolute Gasteiger partial charge is 0.137 e. The zero-order valence-electron chi connectivity index (χ0n) is 25.2. The minimum Gasteiger partial charge on any atom is -0.456 e. The van der Waals surface area contributed by atoms with Gasteiger partial charge in [-0.2, -0.15) is 0 Å². The molecule has 2 heterocycles. The maximum absolute atomic E-state index is 6.87. The molecule has 0 bridgehead atoms. The Balaban J connectivity index is 1.32. The number of anilines is 6. The Bertz CT molecular complexity index is 2500. The quantitative estimate of drug-likeness (QED) is 0.180. The molecule has 224 valence electrons. The van der Waals surface area contributed by atoms with Crippen molar-refractivity contribution in [2.45, 2.75) is 0 Å². The lowest BCUT2D eigenvalue weighted by Gasteiger charge is -2.27. The van der Waals surface area contributed by atoms with Crippen LogP contribution in [0.3, 0.4) is 0 Å². The van der Waals surface area contributed by atoms with Gasteiger partial charge in [0.2, 0.25) is 0 Å². The summed E-state index contributed by atoms with van der Waals surface area (Å²) in [4.78, 5) is 4.65. The fourth-order valence-electron chi connectivity index (χ4n) is 6.68. The van der Waals surface area contributed by atoms with Crippen LogP contribution in [0.5, 0.6) is 0 Å². The maximum atomic E-state index is 6.87. The van der Waals surface area contributed by atoms with Crippen molar-refractivity contribution in [3.63, 3.8) is 0 Å². The molecule has 9 aromatic rings. The predicted molar refractivity (Wildman–Crippen MR) is 201 cm³/mol. The van der Waals surface area contributed by atoms with E-state index in [1.807, 2.05) is 12.1 Å². The van der Waals surface area contributed by atoms with Gasteiger partial charge in [0.1, 0.15) is 11.2 Å². The van der Waals surface area contributed by atoms with Crippen molar-refractivity contribution in [3.05, 3.63) is 169 Å². The molecular formula is C42H27ClN2OS. The number of nitrogens with zero attached hydrogens (tertiary/aromatic N) is 2. The number of furan rings is 1. The molecule has 0 saturated carbocycles. The number of hydrogen-bond acceptors (Lipinski definition) is 4. The first kappa shape index (κ1) is 27.7. The van der Waals surface area contributed by atoms with Crippen LogP contribution in [0.4, 0.5) is 34.1 Å². The SMILES string of the molecule is Clc1cc(N(c2ccccc2)c2ccccc2)c2c(c1)sc1ccc(N(c3ccccc3)c3cccc4oc5ccccc5c34)cc12. The number of halogens is 1. The van der Waals surface area contributed by atoms with Gasteiger partial charge in [0.25, 0.3) is 0 Å². The molecule has 0 atom stereocenters. The summed E-state index contributed by atoms with van der Waals surface area (Å²) in [5.74, 6) is 0. The summed E-state index contributed by atoms with van der Waals surface area (Å²) in [6.45, 7) is 0. The highest BCUT2D eigenvalue weighted by Gasteiger charge is 2.23. The highest BCUT2D eigenvalue weighted by Crippen LogP contribution is 2.49. The third-order valence-corrected chi connectivity index (χ3v) is 10.00. The van der Waals surface area contributed by atoms with Crippen LogP contribution in [-0.4, -0.2) is 0 Å². The Labute approximate surface area is 281 Å². The lowest BCUT2D eigenvalue weighted by molar-refractivity contribution is 0.669. The van der Waals surface area contributed by atoms with Crippen LogP contribution in [0, 0.1) is 0 Å². The van der Waals surface area contributed by atoms with E-state index in [9.17, 15) is 0 Å². The Morgan fingerprint density at radius 2 is 1.02 bits per heavy atom. The largest absolute Gasteiger partial charge is 0.456 e. The van der Waals surface area contributed by atoms with Crippen LogP contribution in [0.2, 0.25) is 5.02 Å². The highest BCUT2D eigenvalue weighted by molar-refractivity contribution is 7.26. The zero-order valence-corrected chi connectivity index (χ0v) is 26.7. The fourth-order valence-corrected chi connectivity index (χ4v) is 8.11. The van der Waals surface area contributed by atoms with Crippen molar-refractivity contribution in [1.29, 1.82) is 0 Å². The molecule has 0 fully saturated rings. The number of rotatable bonds is 6. The molecular weight excluding hydrogens is 616 g/mol. The van der Waals surface area contributed by atoms with Crippen molar-refractivity contribution < 1.29 is 4.42 Å². The Hall–Kier alpha value is -5.55. The number of thiophene rings is 1. The molecule has 0 aliphatic rings. The molecule has 0 amide bonds. The van der Waals surface area contributed by atoms with Crippen LogP contribution in [0.15, 0.2) is 168 Å². The van der Waals surface area contributed by atoms with Gasteiger partial charge >= 0.3 is 0 Å². The molecule has 0 N–H and O–H groups in total. The molecule has 9 rings (SSSR count). The maximum Gasteiger partial charge on any atom is 0.137 e. The van der Waals surface area contributed by atoms with Crippen LogP contribution in [0.1, 0.15) is 0 Å². The number of para-hydroxylation sites is 4. The standard InChI is InChI=1S/C42H27ClN2OS/c43-28-25-36(44(29-13-4-1-5-14-29)30-15-6-2-7-16-30)42-34-27-32(23-24-39(34)47-40(42)26-28)45(31-17-8-3-9-18-31)35-20-12-22-38-41(35)33-19-10-11-21-37(33)46-38/h1-27H. The third kappa shape index (κ3) is 4.73. The van der Waals surface area contributed by atoms with Crippen molar-refractivity contribution in [2.24, 2.45) is 0 Å². The predicted octanol–water partition coefficient (Wildman–Crippen LogP) is 13.5. The Morgan fingerprint density at radius 1 is 0.426 bits per heavy atom. The van der Waals surface area contributed by atoms with Crippen LogP contribution < -0.4 is 9.80 Å². The minimum absolute atomic E-state index is 0.709. The van der Waals surface area contributed by atoms with E-state index in [-0.39, 0.29) is 0 Å². The van der Waals surface area contributed by atoms with E-state index < -0.39 is 0 Å².